The van der Waals surface area contributed by atoms with Gasteiger partial charge < -0.3 is 10.1 Å². The van der Waals surface area contributed by atoms with Crippen molar-refractivity contribution < 1.29 is 17.9 Å². The maximum atomic E-state index is 11.9. The van der Waals surface area contributed by atoms with Crippen molar-refractivity contribution in [2.75, 3.05) is 23.5 Å². The molecule has 2 amide bonds. The second-order valence-electron chi connectivity index (χ2n) is 4.77. The molecule has 0 saturated carbocycles. The van der Waals surface area contributed by atoms with Crippen LogP contribution in [0, 0.1) is 0 Å². The minimum absolute atomic E-state index is 0.0163. The number of amides is 2. The largest absolute Gasteiger partial charge is 0.497 e. The predicted octanol–water partition coefficient (Wildman–Crippen LogP) is 0.390. The second kappa shape index (κ2) is 4.12. The van der Waals surface area contributed by atoms with Gasteiger partial charge in [-0.2, -0.15) is 0 Å². The molecule has 19 heavy (non-hydrogen) atoms. The number of benzene rings is 1. The Morgan fingerprint density at radius 3 is 2.58 bits per heavy atom. The molecular formula is C12H14N2O4S. The summed E-state index contributed by atoms with van der Waals surface area (Å²) in [5.41, 5.74) is 0.683. The molecule has 0 unspecified atom stereocenters. The number of carbonyl (C=O) groups excluding carboxylic acids is 1. The lowest BCUT2D eigenvalue weighted by Crippen LogP contribution is -2.36. The van der Waals surface area contributed by atoms with Gasteiger partial charge in [0.25, 0.3) is 0 Å². The standard InChI is InChI=1S/C12H14N2O4S/c1-18-9-4-2-8(3-5-9)14-11-7-19(16,17)6-10(11)13-12(14)15/h2-5,10-11H,6-7H2,1H3,(H,13,15)/t10-,11+/m1/s1. The molecule has 1 N–H and O–H groups in total. The number of urea groups is 1. The summed E-state index contributed by atoms with van der Waals surface area (Å²) in [6.45, 7) is 0. The van der Waals surface area contributed by atoms with E-state index < -0.39 is 9.84 Å². The monoisotopic (exact) mass is 282 g/mol. The number of nitrogens with zero attached hydrogens (tertiary/aromatic N) is 1. The molecule has 1 aromatic carbocycles. The molecule has 2 saturated heterocycles. The highest BCUT2D eigenvalue weighted by atomic mass is 32.2. The van der Waals surface area contributed by atoms with Crippen LogP contribution in [0.1, 0.15) is 0 Å². The van der Waals surface area contributed by atoms with E-state index in [1.54, 1.807) is 31.4 Å². The Morgan fingerprint density at radius 2 is 1.95 bits per heavy atom. The van der Waals surface area contributed by atoms with E-state index in [1.165, 1.54) is 4.90 Å². The summed E-state index contributed by atoms with van der Waals surface area (Å²) in [4.78, 5) is 13.5. The van der Waals surface area contributed by atoms with Crippen LogP contribution in [0.15, 0.2) is 24.3 Å². The van der Waals surface area contributed by atoms with Crippen LogP contribution in [0.4, 0.5) is 10.5 Å². The first kappa shape index (κ1) is 12.3. The van der Waals surface area contributed by atoms with Crippen LogP contribution < -0.4 is 15.0 Å². The maximum Gasteiger partial charge on any atom is 0.322 e. The molecule has 2 aliphatic heterocycles. The summed E-state index contributed by atoms with van der Waals surface area (Å²) in [5, 5.41) is 2.73. The third-order valence-electron chi connectivity index (χ3n) is 3.53. The Morgan fingerprint density at radius 1 is 1.26 bits per heavy atom. The Kier molecular flexibility index (Phi) is 2.67. The molecule has 0 radical (unpaired) electrons. The van der Waals surface area contributed by atoms with Crippen LogP contribution in [0.3, 0.4) is 0 Å². The summed E-state index contributed by atoms with van der Waals surface area (Å²) < 4.78 is 28.3. The lowest BCUT2D eigenvalue weighted by molar-refractivity contribution is 0.251. The average molecular weight is 282 g/mol. The lowest BCUT2D eigenvalue weighted by Gasteiger charge is -2.21. The molecule has 2 fully saturated rings. The third kappa shape index (κ3) is 2.03. The van der Waals surface area contributed by atoms with E-state index in [0.29, 0.717) is 11.4 Å². The summed E-state index contributed by atoms with van der Waals surface area (Å²) in [6.07, 6.45) is 0. The number of sulfone groups is 1. The predicted molar refractivity (Wildman–Crippen MR) is 70.2 cm³/mol. The van der Waals surface area contributed by atoms with Crippen molar-refractivity contribution in [3.05, 3.63) is 24.3 Å². The number of methoxy groups -OCH3 is 1. The fourth-order valence-corrected chi connectivity index (χ4v) is 4.54. The molecule has 3 rings (SSSR count). The van der Waals surface area contributed by atoms with Gasteiger partial charge in [0, 0.05) is 5.69 Å². The van der Waals surface area contributed by atoms with Crippen LogP contribution in [-0.2, 0) is 9.84 Å². The number of rotatable bonds is 2. The Bertz CT molecular complexity index is 611. The first-order valence-electron chi connectivity index (χ1n) is 5.94. The highest BCUT2D eigenvalue weighted by molar-refractivity contribution is 7.91. The molecule has 2 aliphatic rings. The molecule has 102 valence electrons. The zero-order valence-corrected chi connectivity index (χ0v) is 11.2. The number of carbonyl (C=O) groups is 1. The molecule has 0 spiro atoms. The van der Waals surface area contributed by atoms with Gasteiger partial charge in [-0.25, -0.2) is 13.2 Å². The molecule has 2 atom stereocenters. The fourth-order valence-electron chi connectivity index (χ4n) is 2.65. The molecule has 2 heterocycles. The number of hydrogen-bond acceptors (Lipinski definition) is 4. The highest BCUT2D eigenvalue weighted by Crippen LogP contribution is 2.30. The minimum Gasteiger partial charge on any atom is -0.497 e. The zero-order chi connectivity index (χ0) is 13.6. The first-order valence-corrected chi connectivity index (χ1v) is 7.76. The zero-order valence-electron chi connectivity index (χ0n) is 10.4. The SMILES string of the molecule is COc1ccc(N2C(=O)N[C@@H]3CS(=O)(=O)C[C@@H]32)cc1. The van der Waals surface area contributed by atoms with Gasteiger partial charge in [-0.15, -0.1) is 0 Å². The number of anilines is 1. The Balaban J connectivity index is 1.92. The molecule has 0 bridgehead atoms. The topological polar surface area (TPSA) is 75.7 Å². The minimum atomic E-state index is -3.06. The van der Waals surface area contributed by atoms with Gasteiger partial charge in [0.2, 0.25) is 0 Å². The van der Waals surface area contributed by atoms with E-state index in [2.05, 4.69) is 5.32 Å². The van der Waals surface area contributed by atoms with Crippen LogP contribution in [-0.4, -0.2) is 45.1 Å². The molecule has 7 heteroatoms. The normalized spacial score (nSPS) is 28.1. The molecule has 6 nitrogen and oxygen atoms in total. The van der Waals surface area contributed by atoms with Gasteiger partial charge in [0.15, 0.2) is 9.84 Å². The summed E-state index contributed by atoms with van der Waals surface area (Å²) in [6, 6.07) is 6.15. The van der Waals surface area contributed by atoms with Crippen molar-refractivity contribution in [2.24, 2.45) is 0 Å². The van der Waals surface area contributed by atoms with Crippen molar-refractivity contribution in [1.29, 1.82) is 0 Å². The Labute approximate surface area is 111 Å². The summed E-state index contributed by atoms with van der Waals surface area (Å²) in [5.74, 6) is 0.734. The van der Waals surface area contributed by atoms with Gasteiger partial charge in [-0.1, -0.05) is 0 Å². The molecular weight excluding hydrogens is 268 g/mol. The van der Waals surface area contributed by atoms with Crippen molar-refractivity contribution in [3.8, 4) is 5.75 Å². The van der Waals surface area contributed by atoms with Crippen molar-refractivity contribution >= 4 is 21.6 Å². The van der Waals surface area contributed by atoms with E-state index in [9.17, 15) is 13.2 Å². The summed E-state index contributed by atoms with van der Waals surface area (Å²) in [7, 11) is -1.50. The number of ether oxygens (including phenoxy) is 1. The number of nitrogens with one attached hydrogen (secondary N) is 1. The van der Waals surface area contributed by atoms with Crippen LogP contribution in [0.25, 0.3) is 0 Å². The van der Waals surface area contributed by atoms with Crippen LogP contribution in [0.5, 0.6) is 5.75 Å². The highest BCUT2D eigenvalue weighted by Gasteiger charge is 2.49. The molecule has 1 aromatic rings. The average Bonchev–Trinajstić information content (AvgIpc) is 2.79. The third-order valence-corrected chi connectivity index (χ3v) is 5.25. The van der Waals surface area contributed by atoms with Crippen molar-refractivity contribution in [2.45, 2.75) is 12.1 Å². The van der Waals surface area contributed by atoms with E-state index in [-0.39, 0.29) is 29.6 Å². The van der Waals surface area contributed by atoms with Gasteiger partial charge in [-0.05, 0) is 24.3 Å². The van der Waals surface area contributed by atoms with E-state index in [4.69, 9.17) is 4.74 Å². The van der Waals surface area contributed by atoms with Gasteiger partial charge >= 0.3 is 6.03 Å². The summed E-state index contributed by atoms with van der Waals surface area (Å²) >= 11 is 0. The Hall–Kier alpha value is -1.76. The van der Waals surface area contributed by atoms with Gasteiger partial charge in [0.1, 0.15) is 5.75 Å². The van der Waals surface area contributed by atoms with Gasteiger partial charge in [-0.3, -0.25) is 4.90 Å². The van der Waals surface area contributed by atoms with E-state index in [1.807, 2.05) is 0 Å². The number of fused-ring (bicyclic) bond motifs is 1. The molecule has 0 aliphatic carbocycles. The smallest absolute Gasteiger partial charge is 0.322 e. The van der Waals surface area contributed by atoms with Crippen LogP contribution >= 0.6 is 0 Å². The maximum absolute atomic E-state index is 11.9. The first-order chi connectivity index (χ1) is 9.00. The second-order valence-corrected chi connectivity index (χ2v) is 6.92. The fraction of sp³-hybridized carbons (Fsp3) is 0.417. The quantitative estimate of drug-likeness (QED) is 0.796. The van der Waals surface area contributed by atoms with Crippen molar-refractivity contribution in [1.82, 2.24) is 5.32 Å². The van der Waals surface area contributed by atoms with E-state index >= 15 is 0 Å². The van der Waals surface area contributed by atoms with Gasteiger partial charge in [0.05, 0.1) is 30.7 Å². The van der Waals surface area contributed by atoms with Crippen LogP contribution in [0.2, 0.25) is 0 Å². The number of hydrogen-bond donors (Lipinski definition) is 1. The molecule has 0 aromatic heterocycles. The lowest BCUT2D eigenvalue weighted by atomic mass is 10.1. The van der Waals surface area contributed by atoms with E-state index in [0.717, 1.165) is 0 Å². The van der Waals surface area contributed by atoms with Crippen molar-refractivity contribution in [3.63, 3.8) is 0 Å².